The van der Waals surface area contributed by atoms with E-state index >= 15 is 0 Å². The first-order chi connectivity index (χ1) is 14.2. The number of benzene rings is 2. The average molecular weight is 413 g/mol. The zero-order valence-corrected chi connectivity index (χ0v) is 16.6. The predicted molar refractivity (Wildman–Crippen MR) is 108 cm³/mol. The summed E-state index contributed by atoms with van der Waals surface area (Å²) in [5.41, 5.74) is 2.74. The molecule has 0 radical (unpaired) electrons. The van der Waals surface area contributed by atoms with Crippen molar-refractivity contribution >= 4 is 23.2 Å². The van der Waals surface area contributed by atoms with Gasteiger partial charge in [0.25, 0.3) is 0 Å². The van der Waals surface area contributed by atoms with Gasteiger partial charge in [0, 0.05) is 29.5 Å². The van der Waals surface area contributed by atoms with E-state index < -0.39 is 0 Å². The summed E-state index contributed by atoms with van der Waals surface area (Å²) in [7, 11) is 0. The number of fused-ring (bicyclic) bond motifs is 1. The Bertz CT molecular complexity index is 973. The predicted octanol–water partition coefficient (Wildman–Crippen LogP) is 4.00. The number of amides is 1. The molecule has 29 heavy (non-hydrogen) atoms. The lowest BCUT2D eigenvalue weighted by molar-refractivity contribution is -0.135. The van der Waals surface area contributed by atoms with E-state index in [9.17, 15) is 4.79 Å². The van der Waals surface area contributed by atoms with Crippen molar-refractivity contribution in [1.82, 2.24) is 4.90 Å². The number of rotatable bonds is 6. The SMILES string of the molecule is O=C(C1CC1)N(Cc1ccccc1Cl)C[C@H]1CC(c2ccc3c(c2)OCO3)=NO1. The maximum absolute atomic E-state index is 12.8. The minimum Gasteiger partial charge on any atom is -0.454 e. The van der Waals surface area contributed by atoms with Gasteiger partial charge in [-0.3, -0.25) is 4.79 Å². The lowest BCUT2D eigenvalue weighted by atomic mass is 10.0. The molecule has 0 spiro atoms. The van der Waals surface area contributed by atoms with Gasteiger partial charge in [0.05, 0.1) is 12.3 Å². The molecule has 0 aromatic heterocycles. The molecule has 0 bridgehead atoms. The van der Waals surface area contributed by atoms with E-state index in [0.717, 1.165) is 41.2 Å². The molecule has 0 N–H and O–H groups in total. The Kier molecular flexibility index (Phi) is 4.79. The zero-order valence-electron chi connectivity index (χ0n) is 15.8. The van der Waals surface area contributed by atoms with E-state index in [0.29, 0.717) is 24.5 Å². The maximum atomic E-state index is 12.8. The zero-order chi connectivity index (χ0) is 19.8. The maximum Gasteiger partial charge on any atom is 0.231 e. The number of nitrogens with zero attached hydrogens (tertiary/aromatic N) is 2. The second-order valence-corrected chi connectivity index (χ2v) is 8.03. The highest BCUT2D eigenvalue weighted by molar-refractivity contribution is 6.31. The molecule has 2 aromatic rings. The van der Waals surface area contributed by atoms with Crippen LogP contribution in [0.1, 0.15) is 30.4 Å². The fourth-order valence-electron chi connectivity index (χ4n) is 3.67. The van der Waals surface area contributed by atoms with E-state index in [-0.39, 0.29) is 24.7 Å². The molecule has 1 aliphatic carbocycles. The minimum absolute atomic E-state index is 0.133. The van der Waals surface area contributed by atoms with Gasteiger partial charge in [-0.05, 0) is 42.7 Å². The standard InChI is InChI=1S/C22H21ClN2O4/c23-18-4-2-1-3-16(18)11-25(22(26)14-5-6-14)12-17-10-19(24-29-17)15-7-8-20-21(9-15)28-13-27-20/h1-4,7-9,14,17H,5-6,10-13H2/t17-/m1/s1. The highest BCUT2D eigenvalue weighted by Crippen LogP contribution is 2.35. The summed E-state index contributed by atoms with van der Waals surface area (Å²) >= 11 is 6.32. The topological polar surface area (TPSA) is 60.4 Å². The van der Waals surface area contributed by atoms with Crippen molar-refractivity contribution in [2.24, 2.45) is 11.1 Å². The van der Waals surface area contributed by atoms with Crippen LogP contribution in [0.25, 0.3) is 0 Å². The Hall–Kier alpha value is -2.73. The number of oxime groups is 1. The number of ether oxygens (including phenoxy) is 2. The first kappa shape index (κ1) is 18.3. The largest absolute Gasteiger partial charge is 0.454 e. The normalized spacial score (nSPS) is 19.6. The molecule has 0 unspecified atom stereocenters. The van der Waals surface area contributed by atoms with Crippen molar-refractivity contribution in [3.63, 3.8) is 0 Å². The highest BCUT2D eigenvalue weighted by Gasteiger charge is 2.36. The van der Waals surface area contributed by atoms with E-state index in [2.05, 4.69) is 5.16 Å². The minimum atomic E-state index is -0.180. The molecule has 150 valence electrons. The number of carbonyl (C=O) groups is 1. The molecule has 3 aliphatic rings. The Morgan fingerprint density at radius 2 is 1.97 bits per heavy atom. The summed E-state index contributed by atoms with van der Waals surface area (Å²) in [6, 6.07) is 13.4. The van der Waals surface area contributed by atoms with E-state index in [1.165, 1.54) is 0 Å². The average Bonchev–Trinajstić information content (AvgIpc) is 3.29. The van der Waals surface area contributed by atoms with Gasteiger partial charge in [0.15, 0.2) is 17.6 Å². The van der Waals surface area contributed by atoms with Crippen LogP contribution >= 0.6 is 11.6 Å². The molecule has 1 saturated carbocycles. The molecule has 6 nitrogen and oxygen atoms in total. The van der Waals surface area contributed by atoms with E-state index in [4.69, 9.17) is 25.9 Å². The van der Waals surface area contributed by atoms with Gasteiger partial charge in [-0.1, -0.05) is 35.0 Å². The third-order valence-electron chi connectivity index (χ3n) is 5.42. The molecule has 2 aromatic carbocycles. The second kappa shape index (κ2) is 7.59. The van der Waals surface area contributed by atoms with Crippen LogP contribution in [0.5, 0.6) is 11.5 Å². The van der Waals surface area contributed by atoms with Crippen molar-refractivity contribution < 1.29 is 19.1 Å². The number of halogens is 1. The summed E-state index contributed by atoms with van der Waals surface area (Å²) in [5, 5.41) is 4.94. The molecule has 2 aliphatic heterocycles. The number of carbonyl (C=O) groups excluding carboxylic acids is 1. The fraction of sp³-hybridized carbons (Fsp3) is 0.364. The lowest BCUT2D eigenvalue weighted by Gasteiger charge is -2.25. The molecule has 7 heteroatoms. The van der Waals surface area contributed by atoms with Crippen LogP contribution < -0.4 is 9.47 Å². The van der Waals surface area contributed by atoms with Gasteiger partial charge in [0.1, 0.15) is 0 Å². The van der Waals surface area contributed by atoms with Crippen molar-refractivity contribution in [2.45, 2.75) is 31.9 Å². The van der Waals surface area contributed by atoms with Crippen LogP contribution in [0.15, 0.2) is 47.6 Å². The van der Waals surface area contributed by atoms with E-state index in [1.807, 2.05) is 47.4 Å². The third-order valence-corrected chi connectivity index (χ3v) is 5.79. The lowest BCUT2D eigenvalue weighted by Crippen LogP contribution is -2.38. The summed E-state index contributed by atoms with van der Waals surface area (Å²) in [5.74, 6) is 1.77. The number of hydrogen-bond acceptors (Lipinski definition) is 5. The van der Waals surface area contributed by atoms with Crippen molar-refractivity contribution in [3.8, 4) is 11.5 Å². The van der Waals surface area contributed by atoms with Crippen molar-refractivity contribution in [2.75, 3.05) is 13.3 Å². The smallest absolute Gasteiger partial charge is 0.231 e. The molecule has 2 heterocycles. The van der Waals surface area contributed by atoms with Crippen molar-refractivity contribution in [3.05, 3.63) is 58.6 Å². The van der Waals surface area contributed by atoms with Crippen LogP contribution in [0.3, 0.4) is 0 Å². The first-order valence-corrected chi connectivity index (χ1v) is 10.2. The molecule has 5 rings (SSSR count). The van der Waals surface area contributed by atoms with Crippen LogP contribution in [-0.4, -0.2) is 36.0 Å². The highest BCUT2D eigenvalue weighted by atomic mass is 35.5. The molecule has 0 saturated heterocycles. The summed E-state index contributed by atoms with van der Waals surface area (Å²) < 4.78 is 10.8. The van der Waals surface area contributed by atoms with Gasteiger partial charge < -0.3 is 19.2 Å². The molecular weight excluding hydrogens is 392 g/mol. The quantitative estimate of drug-likeness (QED) is 0.719. The van der Waals surface area contributed by atoms with Gasteiger partial charge in [-0.15, -0.1) is 0 Å². The molecule has 1 amide bonds. The summed E-state index contributed by atoms with van der Waals surface area (Å²) in [6.45, 7) is 1.21. The Balaban J connectivity index is 1.27. The summed E-state index contributed by atoms with van der Waals surface area (Å²) in [6.07, 6.45) is 2.38. The van der Waals surface area contributed by atoms with Crippen LogP contribution in [0, 0.1) is 5.92 Å². The Morgan fingerprint density at radius 3 is 2.79 bits per heavy atom. The van der Waals surface area contributed by atoms with Crippen LogP contribution in [-0.2, 0) is 16.2 Å². The third kappa shape index (κ3) is 3.90. The first-order valence-electron chi connectivity index (χ1n) is 9.82. The Labute approximate surface area is 174 Å². The fourth-order valence-corrected chi connectivity index (χ4v) is 3.87. The number of hydrogen-bond donors (Lipinski definition) is 0. The second-order valence-electron chi connectivity index (χ2n) is 7.62. The summed E-state index contributed by atoms with van der Waals surface area (Å²) in [4.78, 5) is 20.4. The molecule has 1 fully saturated rings. The van der Waals surface area contributed by atoms with Gasteiger partial charge in [-0.25, -0.2) is 0 Å². The molecule has 1 atom stereocenters. The van der Waals surface area contributed by atoms with E-state index in [1.54, 1.807) is 0 Å². The van der Waals surface area contributed by atoms with Crippen LogP contribution in [0.4, 0.5) is 0 Å². The monoisotopic (exact) mass is 412 g/mol. The van der Waals surface area contributed by atoms with Crippen molar-refractivity contribution in [1.29, 1.82) is 0 Å². The van der Waals surface area contributed by atoms with Gasteiger partial charge >= 0.3 is 0 Å². The van der Waals surface area contributed by atoms with Gasteiger partial charge in [-0.2, -0.15) is 0 Å². The van der Waals surface area contributed by atoms with Crippen LogP contribution in [0.2, 0.25) is 5.02 Å². The van der Waals surface area contributed by atoms with Gasteiger partial charge in [0.2, 0.25) is 12.7 Å². The molecular formula is C22H21ClN2O4. The Morgan fingerprint density at radius 1 is 1.14 bits per heavy atom.